The van der Waals surface area contributed by atoms with Crippen LogP contribution in [0.25, 0.3) is 0 Å². The maximum Gasteiger partial charge on any atom is 0.342 e. The van der Waals surface area contributed by atoms with Crippen molar-refractivity contribution in [3.8, 4) is 0 Å². The van der Waals surface area contributed by atoms with E-state index in [1.165, 1.54) is 0 Å². The molecular formula is C8H10O9S2. The third-order valence-corrected chi connectivity index (χ3v) is 2.90. The highest BCUT2D eigenvalue weighted by Gasteiger charge is 2.22. The second kappa shape index (κ2) is 6.06. The quantitative estimate of drug-likeness (QED) is 0.270. The smallest absolute Gasteiger partial charge is 0.342 e. The Morgan fingerprint density at radius 2 is 1.11 bits per heavy atom. The van der Waals surface area contributed by atoms with E-state index >= 15 is 0 Å². The topological polar surface area (TPSA) is 152 Å². The predicted octanol–water partition coefficient (Wildman–Crippen LogP) is -1.06. The summed E-state index contributed by atoms with van der Waals surface area (Å²) < 4.78 is 62.6. The van der Waals surface area contributed by atoms with E-state index in [4.69, 9.17) is 9.11 Å². The Bertz CT molecular complexity index is 567. The molecule has 0 aliphatic rings. The number of rotatable bonds is 6. The molecule has 19 heavy (non-hydrogen) atoms. The minimum atomic E-state index is -4.52. The normalized spacial score (nSPS) is 11.7. The molecule has 108 valence electrons. The molecule has 0 atom stereocenters. The van der Waals surface area contributed by atoms with Crippen molar-refractivity contribution in [2.24, 2.45) is 0 Å². The van der Waals surface area contributed by atoms with Gasteiger partial charge in [0.25, 0.3) is 20.2 Å². The van der Waals surface area contributed by atoms with Crippen LogP contribution in [0.4, 0.5) is 0 Å². The molecule has 0 fully saturated rings. The number of carbonyl (C=O) groups is 2. The molecule has 0 heterocycles. The zero-order valence-electron chi connectivity index (χ0n) is 9.40. The Morgan fingerprint density at radius 3 is 1.32 bits per heavy atom. The summed E-state index contributed by atoms with van der Waals surface area (Å²) in [5.41, 5.74) is -1.48. The third-order valence-electron chi connectivity index (χ3n) is 1.48. The Morgan fingerprint density at radius 1 is 0.842 bits per heavy atom. The van der Waals surface area contributed by atoms with Crippen LogP contribution in [0.15, 0.2) is 24.3 Å². The zero-order valence-corrected chi connectivity index (χ0v) is 11.0. The molecule has 0 saturated heterocycles. The van der Waals surface area contributed by atoms with E-state index in [0.717, 1.165) is 0 Å². The fraction of sp³-hybridized carbons (Fsp3) is 0.250. The molecular weight excluding hydrogens is 304 g/mol. The van der Waals surface area contributed by atoms with Gasteiger partial charge in [-0.2, -0.15) is 16.8 Å². The molecule has 0 amide bonds. The van der Waals surface area contributed by atoms with Crippen molar-refractivity contribution in [2.75, 3.05) is 11.5 Å². The molecule has 0 aromatic heterocycles. The van der Waals surface area contributed by atoms with Crippen LogP contribution in [0.5, 0.6) is 0 Å². The van der Waals surface area contributed by atoms with E-state index in [1.807, 2.05) is 0 Å². The summed E-state index contributed by atoms with van der Waals surface area (Å²) in [7, 11) is -9.05. The average molecular weight is 314 g/mol. The molecule has 0 aromatic rings. The van der Waals surface area contributed by atoms with Gasteiger partial charge >= 0.3 is 11.9 Å². The standard InChI is InChI=1S/C8H10O9S2/c1-5(3-18(11,12)13)7(9)17-8(10)6(2)4-19(14,15)16/h1-4H2,(H,11,12,13)(H,14,15,16). The van der Waals surface area contributed by atoms with Crippen LogP contribution in [0.2, 0.25) is 0 Å². The van der Waals surface area contributed by atoms with Gasteiger partial charge in [0, 0.05) is 11.1 Å². The molecule has 9 nitrogen and oxygen atoms in total. The first-order chi connectivity index (χ1) is 8.32. The van der Waals surface area contributed by atoms with Crippen molar-refractivity contribution in [3.63, 3.8) is 0 Å². The molecule has 0 aliphatic carbocycles. The van der Waals surface area contributed by atoms with Crippen LogP contribution in [0.1, 0.15) is 0 Å². The second-order valence-electron chi connectivity index (χ2n) is 3.34. The van der Waals surface area contributed by atoms with Gasteiger partial charge in [-0.1, -0.05) is 13.2 Å². The van der Waals surface area contributed by atoms with E-state index in [-0.39, 0.29) is 0 Å². The summed E-state index contributed by atoms with van der Waals surface area (Å²) in [6.07, 6.45) is 0. The van der Waals surface area contributed by atoms with E-state index in [2.05, 4.69) is 17.9 Å². The van der Waals surface area contributed by atoms with Gasteiger partial charge in [0.05, 0.1) is 0 Å². The maximum absolute atomic E-state index is 11.1. The number of esters is 2. The highest BCUT2D eigenvalue weighted by molar-refractivity contribution is 7.86. The van der Waals surface area contributed by atoms with Gasteiger partial charge in [0.1, 0.15) is 11.5 Å². The molecule has 2 N–H and O–H groups in total. The Balaban J connectivity index is 4.63. The van der Waals surface area contributed by atoms with Gasteiger partial charge in [-0.05, 0) is 0 Å². The highest BCUT2D eigenvalue weighted by atomic mass is 32.2. The first kappa shape index (κ1) is 17.4. The first-order valence-corrected chi connectivity index (χ1v) is 7.56. The van der Waals surface area contributed by atoms with Crippen molar-refractivity contribution in [3.05, 3.63) is 24.3 Å². The van der Waals surface area contributed by atoms with Gasteiger partial charge in [-0.3, -0.25) is 9.11 Å². The molecule has 0 rings (SSSR count). The monoisotopic (exact) mass is 314 g/mol. The van der Waals surface area contributed by atoms with Gasteiger partial charge in [0.2, 0.25) is 0 Å². The fourth-order valence-electron chi connectivity index (χ4n) is 0.787. The minimum Gasteiger partial charge on any atom is -0.386 e. The average Bonchev–Trinajstić information content (AvgIpc) is 2.11. The van der Waals surface area contributed by atoms with Gasteiger partial charge in [-0.25, -0.2) is 9.59 Å². The lowest BCUT2D eigenvalue weighted by Gasteiger charge is -2.05. The van der Waals surface area contributed by atoms with E-state index < -0.39 is 54.8 Å². The minimum absolute atomic E-state index is 0.740. The number of carbonyl (C=O) groups excluding carboxylic acids is 2. The summed E-state index contributed by atoms with van der Waals surface area (Å²) in [4.78, 5) is 22.3. The zero-order chi connectivity index (χ0) is 15.4. The third kappa shape index (κ3) is 8.20. The lowest BCUT2D eigenvalue weighted by molar-refractivity contribution is -0.153. The fourth-order valence-corrected chi connectivity index (χ4v) is 1.90. The van der Waals surface area contributed by atoms with Crippen LogP contribution in [-0.4, -0.2) is 49.4 Å². The van der Waals surface area contributed by atoms with E-state index in [1.54, 1.807) is 0 Å². The molecule has 0 radical (unpaired) electrons. The van der Waals surface area contributed by atoms with Crippen molar-refractivity contribution >= 4 is 32.2 Å². The Kier molecular flexibility index (Phi) is 5.56. The van der Waals surface area contributed by atoms with Crippen molar-refractivity contribution in [1.29, 1.82) is 0 Å². The highest BCUT2D eigenvalue weighted by Crippen LogP contribution is 2.04. The Labute approximate surface area is 109 Å². The summed E-state index contributed by atoms with van der Waals surface area (Å²) in [5.74, 6) is -5.24. The van der Waals surface area contributed by atoms with Crippen LogP contribution >= 0.6 is 0 Å². The van der Waals surface area contributed by atoms with E-state index in [0.29, 0.717) is 0 Å². The Hall–Kier alpha value is -1.56. The number of hydrogen-bond acceptors (Lipinski definition) is 7. The summed E-state index contributed by atoms with van der Waals surface area (Å²) in [6.45, 7) is 5.93. The molecule has 0 saturated carbocycles. The predicted molar refractivity (Wildman–Crippen MR) is 62.2 cm³/mol. The molecule has 0 aliphatic heterocycles. The number of hydrogen-bond donors (Lipinski definition) is 2. The first-order valence-electron chi connectivity index (χ1n) is 4.34. The van der Waals surface area contributed by atoms with Gasteiger partial charge in [0.15, 0.2) is 0 Å². The van der Waals surface area contributed by atoms with Crippen LogP contribution in [0, 0.1) is 0 Å². The molecule has 0 unspecified atom stereocenters. The summed E-state index contributed by atoms with van der Waals surface area (Å²) in [5, 5.41) is 0. The largest absolute Gasteiger partial charge is 0.386 e. The van der Waals surface area contributed by atoms with Crippen molar-refractivity contribution < 1.29 is 40.3 Å². The lowest BCUT2D eigenvalue weighted by Crippen LogP contribution is -2.22. The van der Waals surface area contributed by atoms with Crippen LogP contribution in [-0.2, 0) is 34.6 Å². The summed E-state index contributed by atoms with van der Waals surface area (Å²) >= 11 is 0. The number of ether oxygens (including phenoxy) is 1. The van der Waals surface area contributed by atoms with Gasteiger partial charge < -0.3 is 4.74 Å². The van der Waals surface area contributed by atoms with Crippen LogP contribution < -0.4 is 0 Å². The van der Waals surface area contributed by atoms with Gasteiger partial charge in [-0.15, -0.1) is 0 Å². The molecule has 0 bridgehead atoms. The van der Waals surface area contributed by atoms with E-state index in [9.17, 15) is 26.4 Å². The lowest BCUT2D eigenvalue weighted by atomic mass is 10.3. The molecule has 0 aromatic carbocycles. The molecule has 11 heteroatoms. The SMILES string of the molecule is C=C(CS(=O)(=O)O)C(=O)OC(=O)C(=C)CS(=O)(=O)O. The maximum atomic E-state index is 11.1. The summed E-state index contributed by atoms with van der Waals surface area (Å²) in [6, 6.07) is 0. The van der Waals surface area contributed by atoms with Crippen molar-refractivity contribution in [2.45, 2.75) is 0 Å². The van der Waals surface area contributed by atoms with Crippen molar-refractivity contribution in [1.82, 2.24) is 0 Å². The second-order valence-corrected chi connectivity index (χ2v) is 6.24. The molecule has 0 spiro atoms. The van der Waals surface area contributed by atoms with Crippen LogP contribution in [0.3, 0.4) is 0 Å².